The summed E-state index contributed by atoms with van der Waals surface area (Å²) in [7, 11) is 0.0905. The van der Waals surface area contributed by atoms with Crippen LogP contribution < -0.4 is 5.32 Å². The second kappa shape index (κ2) is 13.3. The third-order valence-electron chi connectivity index (χ3n) is 4.33. The highest BCUT2D eigenvalue weighted by molar-refractivity contribution is 7.85. The van der Waals surface area contributed by atoms with Crippen molar-refractivity contribution >= 4 is 16.0 Å². The lowest BCUT2D eigenvalue weighted by Crippen LogP contribution is -2.41. The van der Waals surface area contributed by atoms with Crippen LogP contribution in [0.2, 0.25) is 0 Å². The number of rotatable bonds is 16. The Morgan fingerprint density at radius 2 is 1.44 bits per heavy atom. The fourth-order valence-corrected chi connectivity index (χ4v) is 3.27. The highest BCUT2D eigenvalue weighted by atomic mass is 32.2. The van der Waals surface area contributed by atoms with Crippen LogP contribution in [0.3, 0.4) is 0 Å². The molecule has 0 rings (SSSR count). The van der Waals surface area contributed by atoms with Crippen LogP contribution in [-0.4, -0.2) is 62.8 Å². The minimum atomic E-state index is -4.08. The molecule has 0 unspecified atom stereocenters. The van der Waals surface area contributed by atoms with Crippen molar-refractivity contribution in [1.82, 2.24) is 5.32 Å². The highest BCUT2D eigenvalue weighted by Gasteiger charge is 2.14. The van der Waals surface area contributed by atoms with E-state index in [0.29, 0.717) is 6.42 Å². The van der Waals surface area contributed by atoms with Crippen LogP contribution in [-0.2, 0) is 14.9 Å². The van der Waals surface area contributed by atoms with E-state index in [9.17, 15) is 17.8 Å². The fourth-order valence-electron chi connectivity index (χ4n) is 2.79. The number of unbranched alkanes of at least 4 members (excludes halogenated alkanes) is 7. The Bertz CT molecular complexity index is 475. The zero-order chi connectivity index (χ0) is 19.2. The first-order valence-electron chi connectivity index (χ1n) is 9.32. The Kier molecular flexibility index (Phi) is 12.8. The molecular weight excluding hydrogens is 340 g/mol. The van der Waals surface area contributed by atoms with Crippen LogP contribution in [0.4, 0.5) is 0 Å². The molecule has 0 aliphatic rings. The smallest absolute Gasteiger partial charge is 0.243 e. The summed E-state index contributed by atoms with van der Waals surface area (Å²) in [5.74, 6) is -0.359. The molecule has 0 aliphatic carbocycles. The van der Waals surface area contributed by atoms with Gasteiger partial charge in [0.25, 0.3) is 0 Å². The van der Waals surface area contributed by atoms with Crippen molar-refractivity contribution in [3.8, 4) is 0 Å². The Morgan fingerprint density at radius 1 is 0.960 bits per heavy atom. The summed E-state index contributed by atoms with van der Waals surface area (Å²) in [5.41, 5.74) is 0. The maximum absolute atomic E-state index is 10.9. The van der Waals surface area contributed by atoms with Gasteiger partial charge in [0.15, 0.2) is 0 Å². The van der Waals surface area contributed by atoms with E-state index in [1.54, 1.807) is 0 Å². The summed E-state index contributed by atoms with van der Waals surface area (Å²) in [6.07, 6.45) is 11.1. The molecule has 25 heavy (non-hydrogen) atoms. The molecule has 7 heteroatoms. The zero-order valence-electron chi connectivity index (χ0n) is 16.0. The number of hydrogen-bond donors (Lipinski definition) is 1. The summed E-state index contributed by atoms with van der Waals surface area (Å²) >= 11 is 0. The van der Waals surface area contributed by atoms with Crippen molar-refractivity contribution in [2.24, 2.45) is 0 Å². The molecule has 0 aromatic rings. The van der Waals surface area contributed by atoms with E-state index in [4.69, 9.17) is 0 Å². The Hall–Kier alpha value is -0.920. The number of carbonyl (C=O) groups is 1. The average molecular weight is 377 g/mol. The van der Waals surface area contributed by atoms with E-state index in [1.165, 1.54) is 38.2 Å². The second-order valence-electron chi connectivity index (χ2n) is 7.32. The molecule has 148 valence electrons. The van der Waals surface area contributed by atoms with Crippen molar-refractivity contribution < 1.29 is 22.2 Å². The Labute approximate surface area is 154 Å². The molecule has 0 heterocycles. The van der Waals surface area contributed by atoms with Crippen LogP contribution in [0.5, 0.6) is 0 Å². The van der Waals surface area contributed by atoms with Crippen molar-refractivity contribution in [2.45, 2.75) is 57.8 Å². The first-order valence-corrected chi connectivity index (χ1v) is 10.9. The maximum atomic E-state index is 10.9. The second-order valence-corrected chi connectivity index (χ2v) is 8.85. The molecule has 0 spiro atoms. The van der Waals surface area contributed by atoms with Crippen molar-refractivity contribution in [3.05, 3.63) is 12.7 Å². The summed E-state index contributed by atoms with van der Waals surface area (Å²) in [6.45, 7) is 5.88. The van der Waals surface area contributed by atoms with Gasteiger partial charge in [-0.3, -0.25) is 4.79 Å². The molecular formula is C18H36N2O4S. The van der Waals surface area contributed by atoms with Crippen LogP contribution in [0.1, 0.15) is 57.8 Å². The van der Waals surface area contributed by atoms with Gasteiger partial charge >= 0.3 is 0 Å². The maximum Gasteiger partial charge on any atom is 0.243 e. The largest absolute Gasteiger partial charge is 0.748 e. The van der Waals surface area contributed by atoms with E-state index in [2.05, 4.69) is 26.0 Å². The van der Waals surface area contributed by atoms with Gasteiger partial charge in [0.1, 0.15) is 0 Å². The fraction of sp³-hybridized carbons (Fsp3) is 0.833. The van der Waals surface area contributed by atoms with Gasteiger partial charge in [-0.15, -0.1) is 0 Å². The zero-order valence-corrected chi connectivity index (χ0v) is 16.8. The van der Waals surface area contributed by atoms with Crippen LogP contribution in [0.15, 0.2) is 12.7 Å². The summed E-state index contributed by atoms with van der Waals surface area (Å²) in [4.78, 5) is 10.9. The van der Waals surface area contributed by atoms with E-state index in [1.807, 2.05) is 0 Å². The van der Waals surface area contributed by atoms with Crippen LogP contribution in [0, 0.1) is 0 Å². The summed E-state index contributed by atoms with van der Waals surface area (Å²) in [5, 5.41) is 2.78. The van der Waals surface area contributed by atoms with E-state index in [-0.39, 0.29) is 11.7 Å². The molecule has 0 aromatic heterocycles. The molecule has 0 saturated heterocycles. The number of quaternary nitrogens is 1. The Balaban J connectivity index is 3.44. The molecule has 1 amide bonds. The topological polar surface area (TPSA) is 86.3 Å². The van der Waals surface area contributed by atoms with Gasteiger partial charge in [-0.25, -0.2) is 8.42 Å². The van der Waals surface area contributed by atoms with Crippen molar-refractivity contribution in [2.75, 3.05) is 39.5 Å². The number of nitrogens with one attached hydrogen (secondary N) is 1. The number of amides is 1. The van der Waals surface area contributed by atoms with E-state index >= 15 is 0 Å². The standard InChI is InChI=1S/C18H36N2O4S/c1-4-18(21)19-14-11-9-7-5-6-8-10-12-15-20(2,3)16-13-17-25(22,23)24/h4H,1,5-17H2,2-3H3,(H-,19,21,22,23,24). The van der Waals surface area contributed by atoms with Gasteiger partial charge in [-0.1, -0.05) is 38.7 Å². The minimum absolute atomic E-state index is 0.101. The lowest BCUT2D eigenvalue weighted by Gasteiger charge is -2.30. The highest BCUT2D eigenvalue weighted by Crippen LogP contribution is 2.10. The molecule has 6 nitrogen and oxygen atoms in total. The summed E-state index contributed by atoms with van der Waals surface area (Å²) in [6, 6.07) is 0. The first-order chi connectivity index (χ1) is 11.7. The molecule has 0 aromatic carbocycles. The van der Waals surface area contributed by atoms with E-state index < -0.39 is 10.1 Å². The van der Waals surface area contributed by atoms with Gasteiger partial charge in [0, 0.05) is 18.7 Å². The lowest BCUT2D eigenvalue weighted by molar-refractivity contribution is -0.890. The average Bonchev–Trinajstić information content (AvgIpc) is 2.50. The minimum Gasteiger partial charge on any atom is -0.748 e. The monoisotopic (exact) mass is 376 g/mol. The molecule has 0 radical (unpaired) electrons. The lowest BCUT2D eigenvalue weighted by atomic mass is 10.1. The number of hydrogen-bond acceptors (Lipinski definition) is 4. The molecule has 0 atom stereocenters. The first kappa shape index (κ1) is 24.1. The SMILES string of the molecule is C=CC(=O)NCCCCCCCCCC[N+](C)(C)CCCS(=O)(=O)[O-]. The molecule has 0 fully saturated rings. The number of nitrogens with zero attached hydrogens (tertiary/aromatic N) is 1. The molecule has 1 N–H and O–H groups in total. The van der Waals surface area contributed by atoms with E-state index in [0.717, 1.165) is 43.4 Å². The molecule has 0 aliphatic heterocycles. The third-order valence-corrected chi connectivity index (χ3v) is 5.12. The van der Waals surface area contributed by atoms with Gasteiger partial charge in [0.05, 0.1) is 37.3 Å². The van der Waals surface area contributed by atoms with Gasteiger partial charge in [-0.2, -0.15) is 0 Å². The third kappa shape index (κ3) is 17.7. The Morgan fingerprint density at radius 3 is 1.96 bits per heavy atom. The predicted molar refractivity (Wildman–Crippen MR) is 101 cm³/mol. The quantitative estimate of drug-likeness (QED) is 0.194. The molecule has 0 saturated carbocycles. The predicted octanol–water partition coefficient (Wildman–Crippen LogP) is 2.42. The van der Waals surface area contributed by atoms with Crippen molar-refractivity contribution in [3.63, 3.8) is 0 Å². The van der Waals surface area contributed by atoms with Gasteiger partial charge < -0.3 is 14.4 Å². The molecule has 0 bridgehead atoms. The van der Waals surface area contributed by atoms with Gasteiger partial charge in [-0.05, 0) is 25.3 Å². The van der Waals surface area contributed by atoms with Gasteiger partial charge in [0.2, 0.25) is 5.91 Å². The van der Waals surface area contributed by atoms with Crippen molar-refractivity contribution in [1.29, 1.82) is 0 Å². The van der Waals surface area contributed by atoms with Crippen LogP contribution >= 0.6 is 0 Å². The number of carbonyl (C=O) groups excluding carboxylic acids is 1. The van der Waals surface area contributed by atoms with Crippen LogP contribution in [0.25, 0.3) is 0 Å². The normalized spacial score (nSPS) is 12.1. The summed E-state index contributed by atoms with van der Waals surface area (Å²) < 4.78 is 32.6.